The molecule has 0 saturated carbocycles. The Labute approximate surface area is 90.4 Å². The molecule has 0 nitrogen and oxygen atoms in total. The van der Waals surface area contributed by atoms with Gasteiger partial charge in [-0.1, -0.05) is 39.1 Å². The summed E-state index contributed by atoms with van der Waals surface area (Å²) in [6.07, 6.45) is 0. The van der Waals surface area contributed by atoms with Crippen molar-refractivity contribution in [1.29, 1.82) is 0 Å². The Bertz CT molecular complexity index is 96.5. The smallest absolute Gasteiger partial charge is 0.124 e. The van der Waals surface area contributed by atoms with E-state index in [9.17, 15) is 0 Å². The number of hydrogen-bond donors (Lipinski definition) is 0. The van der Waals surface area contributed by atoms with E-state index in [2.05, 4.69) is 31.9 Å². The largest absolute Gasteiger partial charge is 0.202 e. The van der Waals surface area contributed by atoms with Crippen molar-refractivity contribution in [2.24, 2.45) is 0 Å². The zero-order chi connectivity index (χ0) is 7.71. The van der Waals surface area contributed by atoms with E-state index in [0.717, 1.165) is 0 Å². The predicted molar refractivity (Wildman–Crippen MR) is 51.6 cm³/mol. The average Bonchev–Trinajstić information content (AvgIpc) is 1.64. The third-order valence-electron chi connectivity index (χ3n) is 0.583. The van der Waals surface area contributed by atoms with Crippen molar-refractivity contribution in [2.45, 2.75) is 7.03 Å². The maximum Gasteiger partial charge on any atom is 0.202 e. The number of alkyl halides is 6. The van der Waals surface area contributed by atoms with Crippen LogP contribution in [0.25, 0.3) is 0 Å². The Morgan fingerprint density at radius 3 is 1.44 bits per heavy atom. The van der Waals surface area contributed by atoms with Crippen molar-refractivity contribution >= 4 is 78.3 Å². The first-order valence-corrected chi connectivity index (χ1v) is 5.07. The van der Waals surface area contributed by atoms with E-state index in [1.54, 1.807) is 0 Å². The average molecular weight is 340 g/mol. The molecule has 0 spiro atoms. The van der Waals surface area contributed by atoms with E-state index in [0.29, 0.717) is 0 Å². The molecule has 0 aliphatic rings. The van der Waals surface area contributed by atoms with Gasteiger partial charge >= 0.3 is 0 Å². The van der Waals surface area contributed by atoms with Crippen LogP contribution in [0.1, 0.15) is 0 Å². The van der Waals surface area contributed by atoms with Gasteiger partial charge in [0, 0.05) is 0 Å². The molecule has 0 aliphatic heterocycles. The van der Waals surface area contributed by atoms with Gasteiger partial charge in [0.05, 0.1) is 5.88 Å². The SMILES string of the molecule is ClCC(Cl)(Br)C(Cl)(Cl)Br. The van der Waals surface area contributed by atoms with Gasteiger partial charge in [-0.05, 0) is 15.9 Å². The van der Waals surface area contributed by atoms with Crippen LogP contribution in [0, 0.1) is 0 Å². The highest BCUT2D eigenvalue weighted by molar-refractivity contribution is 9.13. The summed E-state index contributed by atoms with van der Waals surface area (Å²) in [6.45, 7) is 0. The Hall–Kier alpha value is 2.12. The van der Waals surface area contributed by atoms with Gasteiger partial charge in [0.2, 0.25) is 3.24 Å². The van der Waals surface area contributed by atoms with Crippen LogP contribution in [-0.4, -0.2) is 12.9 Å². The van der Waals surface area contributed by atoms with Crippen LogP contribution in [0.3, 0.4) is 0 Å². The van der Waals surface area contributed by atoms with Gasteiger partial charge in [-0.25, -0.2) is 0 Å². The molecule has 0 rings (SSSR count). The van der Waals surface area contributed by atoms with Crippen LogP contribution in [0.5, 0.6) is 0 Å². The second-order valence-electron chi connectivity index (χ2n) is 1.34. The van der Waals surface area contributed by atoms with Gasteiger partial charge in [0.1, 0.15) is 0 Å². The lowest BCUT2D eigenvalue weighted by Gasteiger charge is -2.25. The zero-order valence-corrected chi connectivity index (χ0v) is 10.2. The fraction of sp³-hybridized carbons (Fsp3) is 1.00. The molecule has 56 valence electrons. The topological polar surface area (TPSA) is 0 Å². The summed E-state index contributed by atoms with van der Waals surface area (Å²) in [7, 11) is 0. The van der Waals surface area contributed by atoms with Crippen LogP contribution in [0.4, 0.5) is 0 Å². The highest BCUT2D eigenvalue weighted by atomic mass is 79.9. The molecule has 1 unspecified atom stereocenters. The van der Waals surface area contributed by atoms with Crippen LogP contribution in [-0.2, 0) is 0 Å². The first-order chi connectivity index (χ1) is 3.81. The maximum atomic E-state index is 5.67. The number of rotatable bonds is 2. The van der Waals surface area contributed by atoms with Gasteiger partial charge in [-0.3, -0.25) is 0 Å². The summed E-state index contributed by atoms with van der Waals surface area (Å²) in [6, 6.07) is 0. The molecular weight excluding hydrogens is 338 g/mol. The standard InChI is InChI=1S/C3H2Br2Cl4/c4-2(7,1-6)3(5,8)9/h1H2. The number of halogens is 6. The molecule has 0 aromatic rings. The fourth-order valence-electron chi connectivity index (χ4n) is 0.0758. The molecular formula is C3H2Br2Cl4. The summed E-state index contributed by atoms with van der Waals surface area (Å²) in [5.41, 5.74) is 0. The van der Waals surface area contributed by atoms with E-state index in [4.69, 9.17) is 46.4 Å². The normalized spacial score (nSPS) is 19.3. The minimum atomic E-state index is -1.25. The van der Waals surface area contributed by atoms with Crippen molar-refractivity contribution in [1.82, 2.24) is 0 Å². The highest BCUT2D eigenvalue weighted by Crippen LogP contribution is 2.49. The zero-order valence-electron chi connectivity index (χ0n) is 3.97. The Kier molecular flexibility index (Phi) is 4.55. The van der Waals surface area contributed by atoms with Crippen molar-refractivity contribution in [2.75, 3.05) is 5.88 Å². The lowest BCUT2D eigenvalue weighted by molar-refractivity contribution is 0.962. The lowest BCUT2D eigenvalue weighted by atomic mass is 10.5. The van der Waals surface area contributed by atoms with Gasteiger partial charge in [0.25, 0.3) is 0 Å². The van der Waals surface area contributed by atoms with E-state index < -0.39 is 7.03 Å². The van der Waals surface area contributed by atoms with E-state index in [1.807, 2.05) is 0 Å². The molecule has 9 heavy (non-hydrogen) atoms. The van der Waals surface area contributed by atoms with Crippen LogP contribution in [0.2, 0.25) is 0 Å². The molecule has 0 aliphatic carbocycles. The third-order valence-corrected chi connectivity index (χ3v) is 5.47. The molecule has 0 heterocycles. The van der Waals surface area contributed by atoms with Crippen LogP contribution in [0.15, 0.2) is 0 Å². The number of hydrogen-bond acceptors (Lipinski definition) is 0. The predicted octanol–water partition coefficient (Wildman–Crippen LogP) is 4.08. The summed E-state index contributed by atoms with van der Waals surface area (Å²) in [5, 5.41) is 0. The van der Waals surface area contributed by atoms with Gasteiger partial charge in [0.15, 0.2) is 3.78 Å². The van der Waals surface area contributed by atoms with Crippen molar-refractivity contribution in [3.63, 3.8) is 0 Å². The summed E-state index contributed by atoms with van der Waals surface area (Å²) in [4.78, 5) is 0. The molecule has 1 atom stereocenters. The van der Waals surface area contributed by atoms with E-state index >= 15 is 0 Å². The molecule has 0 bridgehead atoms. The quantitative estimate of drug-likeness (QED) is 0.665. The summed E-state index contributed by atoms with van der Waals surface area (Å²) >= 11 is 28.1. The van der Waals surface area contributed by atoms with E-state index in [1.165, 1.54) is 0 Å². The van der Waals surface area contributed by atoms with Crippen LogP contribution >= 0.6 is 78.3 Å². The van der Waals surface area contributed by atoms with Crippen molar-refractivity contribution < 1.29 is 0 Å². The first-order valence-electron chi connectivity index (χ1n) is 1.82. The molecule has 0 fully saturated rings. The van der Waals surface area contributed by atoms with Gasteiger partial charge in [-0.15, -0.1) is 23.2 Å². The minimum absolute atomic E-state index is 0.104. The summed E-state index contributed by atoms with van der Waals surface area (Å²) < 4.78 is -2.27. The van der Waals surface area contributed by atoms with Crippen molar-refractivity contribution in [3.05, 3.63) is 0 Å². The lowest BCUT2D eigenvalue weighted by Crippen LogP contribution is -2.31. The molecule has 6 heteroatoms. The minimum Gasteiger partial charge on any atom is -0.124 e. The van der Waals surface area contributed by atoms with Crippen LogP contribution < -0.4 is 0 Å². The second kappa shape index (κ2) is 3.68. The monoisotopic (exact) mass is 336 g/mol. The van der Waals surface area contributed by atoms with E-state index in [-0.39, 0.29) is 5.88 Å². The Balaban J connectivity index is 4.14. The highest BCUT2D eigenvalue weighted by Gasteiger charge is 2.43. The Morgan fingerprint density at radius 2 is 1.44 bits per heavy atom. The Morgan fingerprint density at radius 1 is 1.11 bits per heavy atom. The molecule has 0 saturated heterocycles. The molecule has 0 aromatic carbocycles. The van der Waals surface area contributed by atoms with Crippen molar-refractivity contribution in [3.8, 4) is 0 Å². The third kappa shape index (κ3) is 3.35. The fourth-order valence-corrected chi connectivity index (χ4v) is 0.848. The van der Waals surface area contributed by atoms with Gasteiger partial charge in [-0.2, -0.15) is 0 Å². The van der Waals surface area contributed by atoms with Gasteiger partial charge < -0.3 is 0 Å². The molecule has 0 N–H and O–H groups in total. The maximum absolute atomic E-state index is 5.67. The molecule has 0 aromatic heterocycles. The second-order valence-corrected chi connectivity index (χ2v) is 7.49. The summed E-state index contributed by atoms with van der Waals surface area (Å²) in [5.74, 6) is 0.104. The molecule has 0 radical (unpaired) electrons. The first kappa shape index (κ1) is 11.1. The molecule has 0 amide bonds.